The molecule has 1 saturated heterocycles. The van der Waals surface area contributed by atoms with E-state index in [1.54, 1.807) is 0 Å². The van der Waals surface area contributed by atoms with E-state index in [0.717, 1.165) is 12.1 Å². The zero-order valence-corrected chi connectivity index (χ0v) is 10.6. The predicted molar refractivity (Wildman–Crippen MR) is 65.1 cm³/mol. The third-order valence-corrected chi connectivity index (χ3v) is 4.11. The lowest BCUT2D eigenvalue weighted by Gasteiger charge is -2.33. The zero-order valence-electron chi connectivity index (χ0n) is 10.6. The van der Waals surface area contributed by atoms with E-state index in [2.05, 4.69) is 31.0 Å². The Hall–Kier alpha value is -0.0800. The van der Waals surface area contributed by atoms with E-state index in [1.165, 1.54) is 45.3 Å². The first-order valence-electron chi connectivity index (χ1n) is 6.61. The second kappa shape index (κ2) is 4.42. The molecule has 1 N–H and O–H groups in total. The highest BCUT2D eigenvalue weighted by molar-refractivity contribution is 5.03. The Kier molecular flexibility index (Phi) is 3.36. The van der Waals surface area contributed by atoms with Crippen LogP contribution in [0.15, 0.2) is 0 Å². The van der Waals surface area contributed by atoms with Crippen molar-refractivity contribution in [3.63, 3.8) is 0 Å². The van der Waals surface area contributed by atoms with Crippen LogP contribution in [-0.4, -0.2) is 36.6 Å². The molecule has 1 saturated carbocycles. The fourth-order valence-electron chi connectivity index (χ4n) is 2.83. The topological polar surface area (TPSA) is 15.3 Å². The summed E-state index contributed by atoms with van der Waals surface area (Å²) in [4.78, 5) is 2.71. The van der Waals surface area contributed by atoms with Crippen molar-refractivity contribution in [2.45, 2.75) is 58.5 Å². The van der Waals surface area contributed by atoms with E-state index >= 15 is 0 Å². The van der Waals surface area contributed by atoms with Gasteiger partial charge < -0.3 is 5.32 Å². The van der Waals surface area contributed by atoms with Crippen molar-refractivity contribution in [1.29, 1.82) is 0 Å². The molecule has 2 fully saturated rings. The van der Waals surface area contributed by atoms with Crippen molar-refractivity contribution < 1.29 is 0 Å². The average Bonchev–Trinajstić information content (AvgIpc) is 2.86. The summed E-state index contributed by atoms with van der Waals surface area (Å²) in [5, 5.41) is 3.65. The van der Waals surface area contributed by atoms with Gasteiger partial charge in [0.25, 0.3) is 0 Å². The van der Waals surface area contributed by atoms with Gasteiger partial charge in [0.1, 0.15) is 0 Å². The molecule has 88 valence electrons. The number of nitrogens with one attached hydrogen (secondary N) is 1. The first-order valence-corrected chi connectivity index (χ1v) is 6.61. The molecule has 1 aliphatic heterocycles. The van der Waals surface area contributed by atoms with Crippen molar-refractivity contribution >= 4 is 0 Å². The van der Waals surface area contributed by atoms with E-state index in [4.69, 9.17) is 0 Å². The number of likely N-dealkylation sites (tertiary alicyclic amines) is 1. The Morgan fingerprint density at radius 2 is 1.87 bits per heavy atom. The molecule has 2 rings (SSSR count). The molecular formula is C13H26N2. The molecule has 0 radical (unpaired) electrons. The van der Waals surface area contributed by atoms with Crippen LogP contribution in [0.5, 0.6) is 0 Å². The van der Waals surface area contributed by atoms with Gasteiger partial charge in [-0.15, -0.1) is 0 Å². The second-order valence-electron chi connectivity index (χ2n) is 5.97. The fraction of sp³-hybridized carbons (Fsp3) is 1.00. The normalized spacial score (nSPS) is 31.8. The Morgan fingerprint density at radius 1 is 1.27 bits per heavy atom. The average molecular weight is 210 g/mol. The predicted octanol–water partition coefficient (Wildman–Crippen LogP) is 2.25. The van der Waals surface area contributed by atoms with Gasteiger partial charge in [-0.2, -0.15) is 0 Å². The molecule has 0 spiro atoms. The maximum atomic E-state index is 3.65. The first kappa shape index (κ1) is 11.4. The summed E-state index contributed by atoms with van der Waals surface area (Å²) < 4.78 is 0. The summed E-state index contributed by atoms with van der Waals surface area (Å²) in [6.45, 7) is 10.9. The maximum Gasteiger partial charge on any atom is 0.0153 e. The van der Waals surface area contributed by atoms with Crippen molar-refractivity contribution in [1.82, 2.24) is 10.2 Å². The summed E-state index contributed by atoms with van der Waals surface area (Å²) in [6.07, 6.45) is 5.38. The van der Waals surface area contributed by atoms with Gasteiger partial charge in [-0.25, -0.2) is 0 Å². The fourth-order valence-corrected chi connectivity index (χ4v) is 2.83. The molecule has 1 unspecified atom stereocenters. The van der Waals surface area contributed by atoms with Gasteiger partial charge >= 0.3 is 0 Å². The number of hydrogen-bond acceptors (Lipinski definition) is 2. The molecule has 0 amide bonds. The third-order valence-electron chi connectivity index (χ3n) is 4.11. The smallest absolute Gasteiger partial charge is 0.0153 e. The number of piperidine rings is 1. The van der Waals surface area contributed by atoms with E-state index in [9.17, 15) is 0 Å². The van der Waals surface area contributed by atoms with Gasteiger partial charge in [-0.1, -0.05) is 20.8 Å². The number of rotatable bonds is 4. The number of hydrogen-bond donors (Lipinski definition) is 1. The molecule has 0 bridgehead atoms. The Bertz CT molecular complexity index is 205. The van der Waals surface area contributed by atoms with Gasteiger partial charge in [0.15, 0.2) is 0 Å². The van der Waals surface area contributed by atoms with Crippen LogP contribution in [0.2, 0.25) is 0 Å². The van der Waals surface area contributed by atoms with Crippen molar-refractivity contribution in [3.8, 4) is 0 Å². The standard InChI is InChI=1S/C13H26N2/c1-4-7-14-11-5-8-15(9-6-11)12-10-13(12,2)3/h11-12,14H,4-10H2,1-3H3. The molecule has 1 aliphatic carbocycles. The van der Waals surface area contributed by atoms with E-state index in [-0.39, 0.29) is 0 Å². The van der Waals surface area contributed by atoms with Crippen LogP contribution in [0, 0.1) is 5.41 Å². The molecule has 2 heteroatoms. The molecule has 1 heterocycles. The second-order valence-corrected chi connectivity index (χ2v) is 5.97. The lowest BCUT2D eigenvalue weighted by Crippen LogP contribution is -2.44. The molecule has 0 aromatic rings. The molecule has 0 aromatic heterocycles. The molecule has 2 nitrogen and oxygen atoms in total. The monoisotopic (exact) mass is 210 g/mol. The Morgan fingerprint density at radius 3 is 2.33 bits per heavy atom. The van der Waals surface area contributed by atoms with Gasteiger partial charge in [0.2, 0.25) is 0 Å². The zero-order chi connectivity index (χ0) is 10.9. The summed E-state index contributed by atoms with van der Waals surface area (Å²) >= 11 is 0. The van der Waals surface area contributed by atoms with Crippen LogP contribution >= 0.6 is 0 Å². The molecular weight excluding hydrogens is 184 g/mol. The minimum atomic E-state index is 0.615. The third kappa shape index (κ3) is 2.73. The summed E-state index contributed by atoms with van der Waals surface area (Å²) in [5.41, 5.74) is 0.615. The molecule has 0 aromatic carbocycles. The highest BCUT2D eigenvalue weighted by atomic mass is 15.2. The van der Waals surface area contributed by atoms with Crippen LogP contribution in [0.3, 0.4) is 0 Å². The van der Waals surface area contributed by atoms with Gasteiger partial charge in [-0.05, 0) is 50.7 Å². The van der Waals surface area contributed by atoms with Crippen molar-refractivity contribution in [2.75, 3.05) is 19.6 Å². The van der Waals surface area contributed by atoms with Gasteiger partial charge in [0.05, 0.1) is 0 Å². The minimum absolute atomic E-state index is 0.615. The van der Waals surface area contributed by atoms with Crippen molar-refractivity contribution in [3.05, 3.63) is 0 Å². The van der Waals surface area contributed by atoms with Gasteiger partial charge in [-0.3, -0.25) is 4.90 Å². The molecule has 1 atom stereocenters. The van der Waals surface area contributed by atoms with Crippen LogP contribution in [0.1, 0.15) is 46.5 Å². The van der Waals surface area contributed by atoms with E-state index < -0.39 is 0 Å². The summed E-state index contributed by atoms with van der Waals surface area (Å²) in [7, 11) is 0. The Balaban J connectivity index is 1.69. The van der Waals surface area contributed by atoms with Crippen LogP contribution < -0.4 is 5.32 Å². The minimum Gasteiger partial charge on any atom is -0.314 e. The highest BCUT2D eigenvalue weighted by Gasteiger charge is 2.49. The first-order chi connectivity index (χ1) is 7.13. The number of nitrogens with zero attached hydrogens (tertiary/aromatic N) is 1. The highest BCUT2D eigenvalue weighted by Crippen LogP contribution is 2.49. The summed E-state index contributed by atoms with van der Waals surface area (Å²) in [5.74, 6) is 0. The maximum absolute atomic E-state index is 3.65. The quantitative estimate of drug-likeness (QED) is 0.765. The molecule has 15 heavy (non-hydrogen) atoms. The molecule has 2 aliphatic rings. The van der Waals surface area contributed by atoms with Crippen molar-refractivity contribution in [2.24, 2.45) is 5.41 Å². The lowest BCUT2D eigenvalue weighted by molar-refractivity contribution is 0.172. The van der Waals surface area contributed by atoms with Crippen LogP contribution in [0.25, 0.3) is 0 Å². The SMILES string of the molecule is CCCNC1CCN(C2CC2(C)C)CC1. The van der Waals surface area contributed by atoms with E-state index in [0.29, 0.717) is 5.41 Å². The lowest BCUT2D eigenvalue weighted by atomic mass is 10.0. The summed E-state index contributed by atoms with van der Waals surface area (Å²) in [6, 6.07) is 1.69. The van der Waals surface area contributed by atoms with Crippen LogP contribution in [0.4, 0.5) is 0 Å². The largest absolute Gasteiger partial charge is 0.314 e. The Labute approximate surface area is 94.4 Å². The van der Waals surface area contributed by atoms with Gasteiger partial charge in [0, 0.05) is 12.1 Å². The van der Waals surface area contributed by atoms with Crippen LogP contribution in [-0.2, 0) is 0 Å². The van der Waals surface area contributed by atoms with E-state index in [1.807, 2.05) is 0 Å².